The van der Waals surface area contributed by atoms with Crippen LogP contribution < -0.4 is 0 Å². The van der Waals surface area contributed by atoms with Gasteiger partial charge in [0.05, 0.1) is 26.4 Å². The molecule has 0 radical (unpaired) electrons. The molecule has 27 heteroatoms. The predicted molar refractivity (Wildman–Crippen MR) is 167 cm³/mol. The van der Waals surface area contributed by atoms with Crippen molar-refractivity contribution in [3.63, 3.8) is 0 Å². The minimum absolute atomic E-state index is 0.899. The zero-order valence-corrected chi connectivity index (χ0v) is 29.4. The Morgan fingerprint density at radius 1 is 0.368 bits per heavy atom. The van der Waals surface area contributed by atoms with Gasteiger partial charge in [-0.15, -0.1) is 0 Å². The third kappa shape index (κ3) is 9.38. The van der Waals surface area contributed by atoms with Gasteiger partial charge in [0.25, 0.3) is 0 Å². The molecule has 0 amide bonds. The molecule has 5 rings (SSSR count). The topological polar surface area (TPSA) is 444 Å². The molecule has 25 atom stereocenters. The van der Waals surface area contributed by atoms with Crippen molar-refractivity contribution in [2.75, 3.05) is 26.4 Å². The Morgan fingerprint density at radius 3 is 1.25 bits per heavy atom. The molecular formula is C30H50O27. The van der Waals surface area contributed by atoms with E-state index in [9.17, 15) is 91.6 Å². The quantitative estimate of drug-likeness (QED) is 0.0818. The van der Waals surface area contributed by atoms with Crippen molar-refractivity contribution in [3.8, 4) is 0 Å². The van der Waals surface area contributed by atoms with E-state index in [-0.39, 0.29) is 0 Å². The molecule has 5 heterocycles. The minimum atomic E-state index is -2.37. The number of carboxylic acid groups (broad SMARTS) is 1. The molecule has 1 unspecified atom stereocenters. The molecule has 5 aliphatic heterocycles. The summed E-state index contributed by atoms with van der Waals surface area (Å²) in [5.41, 5.74) is 0. The maximum absolute atomic E-state index is 12.4. The van der Waals surface area contributed by atoms with Crippen molar-refractivity contribution in [1.29, 1.82) is 0 Å². The number of ether oxygens (including phenoxy) is 9. The average Bonchev–Trinajstić information content (AvgIpc) is 3.19. The normalized spacial score (nSPS) is 52.4. The lowest BCUT2D eigenvalue weighted by Gasteiger charge is -2.50. The molecule has 0 aromatic carbocycles. The Kier molecular flexibility index (Phi) is 15.9. The Balaban J connectivity index is 1.44. The second kappa shape index (κ2) is 19.5. The number of hydrogen-bond acceptors (Lipinski definition) is 26. The number of aliphatic hydroxyl groups is 16. The largest absolute Gasteiger partial charge is 0.479 e. The number of aliphatic hydroxyl groups excluding tert-OH is 16. The fourth-order valence-corrected chi connectivity index (χ4v) is 6.98. The fraction of sp³-hybridized carbons (Fsp3) is 0.967. The summed E-state index contributed by atoms with van der Waals surface area (Å²) in [6.45, 7) is -3.83. The summed E-state index contributed by atoms with van der Waals surface area (Å²) in [6.07, 6.45) is -50.5. The zero-order valence-electron chi connectivity index (χ0n) is 29.4. The monoisotopic (exact) mass is 842 g/mol. The molecule has 332 valence electrons. The summed E-state index contributed by atoms with van der Waals surface area (Å²) in [7, 11) is 0. The lowest BCUT2D eigenvalue weighted by Crippen LogP contribution is -2.69. The first-order valence-electron chi connectivity index (χ1n) is 17.6. The van der Waals surface area contributed by atoms with E-state index in [1.807, 2.05) is 0 Å². The molecule has 57 heavy (non-hydrogen) atoms. The Hall–Kier alpha value is -1.53. The average molecular weight is 843 g/mol. The van der Waals surface area contributed by atoms with Crippen molar-refractivity contribution < 1.29 is 134 Å². The van der Waals surface area contributed by atoms with Crippen LogP contribution in [0.25, 0.3) is 0 Å². The van der Waals surface area contributed by atoms with Crippen LogP contribution in [0.15, 0.2) is 0 Å². The van der Waals surface area contributed by atoms with E-state index in [2.05, 4.69) is 0 Å². The van der Waals surface area contributed by atoms with Gasteiger partial charge in [0.15, 0.2) is 37.6 Å². The van der Waals surface area contributed by atoms with Crippen LogP contribution in [-0.4, -0.2) is 273 Å². The van der Waals surface area contributed by atoms with E-state index < -0.39 is 186 Å². The number of rotatable bonds is 13. The number of carbonyl (C=O) groups is 1. The predicted octanol–water partition coefficient (Wildman–Crippen LogP) is -11.8. The van der Waals surface area contributed by atoms with Crippen molar-refractivity contribution in [1.82, 2.24) is 0 Å². The van der Waals surface area contributed by atoms with E-state index in [1.165, 1.54) is 0 Å². The number of carboxylic acids is 1. The Labute approximate surface area is 320 Å². The molecule has 5 aliphatic rings. The summed E-state index contributed by atoms with van der Waals surface area (Å²) in [4.78, 5) is 12.4. The van der Waals surface area contributed by atoms with Gasteiger partial charge in [0.2, 0.25) is 0 Å². The lowest BCUT2D eigenvalue weighted by atomic mass is 9.95. The molecule has 0 spiro atoms. The second-order valence-electron chi connectivity index (χ2n) is 14.0. The zero-order chi connectivity index (χ0) is 42.2. The van der Waals surface area contributed by atoms with Crippen molar-refractivity contribution in [3.05, 3.63) is 0 Å². The number of hydrogen-bond donors (Lipinski definition) is 17. The molecule has 0 saturated carbocycles. The highest BCUT2D eigenvalue weighted by molar-refractivity contribution is 5.73. The van der Waals surface area contributed by atoms with Gasteiger partial charge in [-0.1, -0.05) is 0 Å². The van der Waals surface area contributed by atoms with Crippen LogP contribution in [0.2, 0.25) is 0 Å². The summed E-state index contributed by atoms with van der Waals surface area (Å²) >= 11 is 0. The van der Waals surface area contributed by atoms with Gasteiger partial charge in [-0.25, -0.2) is 4.79 Å². The summed E-state index contributed by atoms with van der Waals surface area (Å²) in [6, 6.07) is 0. The van der Waals surface area contributed by atoms with Crippen LogP contribution >= 0.6 is 0 Å². The van der Waals surface area contributed by atoms with E-state index in [4.69, 9.17) is 42.6 Å². The lowest BCUT2D eigenvalue weighted by molar-refractivity contribution is -0.401. The summed E-state index contributed by atoms with van der Waals surface area (Å²) in [5.74, 6) is -1.90. The van der Waals surface area contributed by atoms with Gasteiger partial charge in [0, 0.05) is 0 Å². The van der Waals surface area contributed by atoms with Crippen molar-refractivity contribution in [2.24, 2.45) is 0 Å². The summed E-state index contributed by atoms with van der Waals surface area (Å²) in [5, 5.41) is 176. The highest BCUT2D eigenvalue weighted by atomic mass is 16.8. The molecule has 0 aromatic heterocycles. The standard InChI is InChI=1S/C30H50O27/c31-1-5-9(35)12(38)15(41)27(50-5)53-20-8(4-34)52-30(54-21-11(37)7(3-33)49-26(48)18(21)44)19(45)23(20)56-29-17(43)14(40)22(24(57-29)25(46)47)55-28-16(42)13(39)10(36)6(2-32)51-28/h5-24,26-45,48H,1-4H2,(H,46,47)/t5-,6-,7-,8-,9-,10-,11-,12+,13+,14-,15-,16+,17-,18-,19+,20-,21+,22+,23-,24+,26?,27+,28-,29+,30-/m1/s1. The molecule has 27 nitrogen and oxygen atoms in total. The third-order valence-corrected chi connectivity index (χ3v) is 10.3. The summed E-state index contributed by atoms with van der Waals surface area (Å²) < 4.78 is 49.0. The van der Waals surface area contributed by atoms with Gasteiger partial charge in [-0.2, -0.15) is 0 Å². The van der Waals surface area contributed by atoms with Crippen LogP contribution in [0.3, 0.4) is 0 Å². The van der Waals surface area contributed by atoms with Crippen LogP contribution in [0.4, 0.5) is 0 Å². The van der Waals surface area contributed by atoms with Gasteiger partial charge in [-0.05, 0) is 0 Å². The highest BCUT2D eigenvalue weighted by Crippen LogP contribution is 2.36. The van der Waals surface area contributed by atoms with E-state index in [0.717, 1.165) is 0 Å². The van der Waals surface area contributed by atoms with E-state index in [0.29, 0.717) is 0 Å². The Morgan fingerprint density at radius 2 is 0.754 bits per heavy atom. The van der Waals surface area contributed by atoms with Gasteiger partial charge >= 0.3 is 5.97 Å². The second-order valence-corrected chi connectivity index (χ2v) is 14.0. The van der Waals surface area contributed by atoms with Gasteiger partial charge in [-0.3, -0.25) is 0 Å². The van der Waals surface area contributed by atoms with Crippen LogP contribution in [-0.2, 0) is 47.4 Å². The molecule has 0 aliphatic carbocycles. The van der Waals surface area contributed by atoms with E-state index >= 15 is 0 Å². The molecule has 17 N–H and O–H groups in total. The smallest absolute Gasteiger partial charge is 0.335 e. The highest BCUT2D eigenvalue weighted by Gasteiger charge is 2.58. The maximum Gasteiger partial charge on any atom is 0.335 e. The van der Waals surface area contributed by atoms with Gasteiger partial charge in [0.1, 0.15) is 116 Å². The van der Waals surface area contributed by atoms with Gasteiger partial charge < -0.3 is 129 Å². The molecule has 5 saturated heterocycles. The SMILES string of the molecule is O=C(O)[C@H]1O[C@H](O[C@@H]2[C@H](O)[C@@H](O[C@H]3[C@H](O)[C@@H](CO)OC(O)[C@@H]3O)O[C@H](CO)[C@H]2O[C@@H]2O[C@H](CO)[C@@H](O)[C@H](O)[C@H]2O)[C@H](O)[C@@H](O)[C@@H]1O[C@H]1O[C@H](CO)[C@@H](O)[C@H](O)[C@@H]1O. The van der Waals surface area contributed by atoms with Crippen LogP contribution in [0, 0.1) is 0 Å². The molecule has 0 bridgehead atoms. The van der Waals surface area contributed by atoms with Crippen LogP contribution in [0.1, 0.15) is 0 Å². The molecular weight excluding hydrogens is 792 g/mol. The first kappa shape index (κ1) is 46.5. The van der Waals surface area contributed by atoms with E-state index in [1.54, 1.807) is 0 Å². The first-order chi connectivity index (χ1) is 26.9. The first-order valence-corrected chi connectivity index (χ1v) is 17.6. The van der Waals surface area contributed by atoms with Crippen molar-refractivity contribution in [2.45, 2.75) is 154 Å². The molecule has 5 fully saturated rings. The van der Waals surface area contributed by atoms with Crippen molar-refractivity contribution >= 4 is 5.97 Å². The minimum Gasteiger partial charge on any atom is -0.479 e. The third-order valence-electron chi connectivity index (χ3n) is 10.3. The number of aliphatic carboxylic acids is 1. The Bertz CT molecular complexity index is 1280. The molecule has 0 aromatic rings. The van der Waals surface area contributed by atoms with Crippen LogP contribution in [0.5, 0.6) is 0 Å². The maximum atomic E-state index is 12.4. The fourth-order valence-electron chi connectivity index (χ4n) is 6.98.